The Kier molecular flexibility index (Phi) is 5.20. The zero-order valence-corrected chi connectivity index (χ0v) is 12.7. The summed E-state index contributed by atoms with van der Waals surface area (Å²) in [6, 6.07) is 10.9. The molecule has 22 heavy (non-hydrogen) atoms. The van der Waals surface area contributed by atoms with Gasteiger partial charge in [-0.15, -0.1) is 6.58 Å². The van der Waals surface area contributed by atoms with E-state index in [-0.39, 0.29) is 5.75 Å². The summed E-state index contributed by atoms with van der Waals surface area (Å²) in [7, 11) is 3.18. The monoisotopic (exact) mass is 297 g/mol. The number of hydrogen-bond acceptors (Lipinski definition) is 4. The van der Waals surface area contributed by atoms with Crippen LogP contribution in [0.5, 0.6) is 17.2 Å². The minimum atomic E-state index is 0.221. The number of nitrogens with zero attached hydrogens (tertiary/aromatic N) is 1. The molecular formula is C18H19NO3. The minimum Gasteiger partial charge on any atom is -0.507 e. The first-order chi connectivity index (χ1) is 10.7. The molecule has 0 saturated heterocycles. The maximum Gasteiger partial charge on any atom is 0.148 e. The second kappa shape index (κ2) is 7.31. The maximum atomic E-state index is 10.2. The van der Waals surface area contributed by atoms with E-state index in [1.54, 1.807) is 44.7 Å². The molecule has 0 spiro atoms. The van der Waals surface area contributed by atoms with E-state index < -0.39 is 0 Å². The van der Waals surface area contributed by atoms with Crippen LogP contribution in [0.25, 0.3) is 0 Å². The van der Waals surface area contributed by atoms with Crippen molar-refractivity contribution in [2.45, 2.75) is 6.42 Å². The number of aliphatic imine (C=N–C) groups is 1. The van der Waals surface area contributed by atoms with Gasteiger partial charge in [-0.05, 0) is 30.2 Å². The van der Waals surface area contributed by atoms with Crippen LogP contribution in [0.4, 0.5) is 5.69 Å². The van der Waals surface area contributed by atoms with Crippen LogP contribution in [-0.4, -0.2) is 25.5 Å². The highest BCUT2D eigenvalue weighted by Gasteiger charge is 2.06. The Balaban J connectivity index is 2.32. The van der Waals surface area contributed by atoms with Gasteiger partial charge in [-0.1, -0.05) is 18.2 Å². The molecule has 2 aromatic carbocycles. The number of methoxy groups -OCH3 is 2. The van der Waals surface area contributed by atoms with Gasteiger partial charge in [0.05, 0.1) is 14.2 Å². The van der Waals surface area contributed by atoms with E-state index in [9.17, 15) is 5.11 Å². The number of phenols is 1. The molecule has 4 nitrogen and oxygen atoms in total. The van der Waals surface area contributed by atoms with Crippen LogP contribution in [0.3, 0.4) is 0 Å². The summed E-state index contributed by atoms with van der Waals surface area (Å²) in [6.45, 7) is 3.69. The van der Waals surface area contributed by atoms with E-state index in [4.69, 9.17) is 9.47 Å². The fraction of sp³-hybridized carbons (Fsp3) is 0.167. The van der Waals surface area contributed by atoms with Crippen LogP contribution < -0.4 is 9.47 Å². The molecule has 0 radical (unpaired) electrons. The third-order valence-corrected chi connectivity index (χ3v) is 3.24. The lowest BCUT2D eigenvalue weighted by Crippen LogP contribution is -1.90. The van der Waals surface area contributed by atoms with Crippen LogP contribution >= 0.6 is 0 Å². The van der Waals surface area contributed by atoms with Gasteiger partial charge in [0, 0.05) is 17.8 Å². The molecule has 0 aliphatic rings. The number of aromatic hydroxyl groups is 1. The Morgan fingerprint density at radius 2 is 2.00 bits per heavy atom. The average Bonchev–Trinajstić information content (AvgIpc) is 2.55. The number of phenolic OH excluding ortho intramolecular Hbond substituents is 1. The molecule has 2 aromatic rings. The van der Waals surface area contributed by atoms with E-state index in [0.717, 1.165) is 5.56 Å². The highest BCUT2D eigenvalue weighted by Crippen LogP contribution is 2.31. The fourth-order valence-corrected chi connectivity index (χ4v) is 2.07. The maximum absolute atomic E-state index is 10.2. The largest absolute Gasteiger partial charge is 0.507 e. The standard InChI is InChI=1S/C18H19NO3/c1-4-6-13-7-5-8-14(18(13)20)12-19-16-10-9-15(21-2)11-17(16)22-3/h4-5,7-12,20H,1,6H2,2-3H3. The summed E-state index contributed by atoms with van der Waals surface area (Å²) in [5.74, 6) is 1.53. The summed E-state index contributed by atoms with van der Waals surface area (Å²) in [6.07, 6.45) is 3.98. The van der Waals surface area contributed by atoms with Crippen LogP contribution in [0.15, 0.2) is 54.0 Å². The summed E-state index contributed by atoms with van der Waals surface area (Å²) in [4.78, 5) is 4.39. The molecule has 0 saturated carbocycles. The van der Waals surface area contributed by atoms with Crippen LogP contribution in [0, 0.1) is 0 Å². The van der Waals surface area contributed by atoms with Gasteiger partial charge in [0.2, 0.25) is 0 Å². The van der Waals surface area contributed by atoms with Crippen molar-refractivity contribution in [3.63, 3.8) is 0 Å². The molecule has 1 N–H and O–H groups in total. The number of allylic oxidation sites excluding steroid dienone is 1. The quantitative estimate of drug-likeness (QED) is 0.650. The molecule has 0 unspecified atom stereocenters. The Morgan fingerprint density at radius 1 is 1.18 bits per heavy atom. The lowest BCUT2D eigenvalue weighted by atomic mass is 10.1. The Hall–Kier alpha value is -2.75. The van der Waals surface area contributed by atoms with Crippen LogP contribution in [0.1, 0.15) is 11.1 Å². The number of para-hydroxylation sites is 1. The lowest BCUT2D eigenvalue weighted by molar-refractivity contribution is 0.395. The first-order valence-electron chi connectivity index (χ1n) is 6.87. The van der Waals surface area contributed by atoms with Gasteiger partial charge >= 0.3 is 0 Å². The molecule has 0 fully saturated rings. The van der Waals surface area contributed by atoms with Gasteiger partial charge in [0.25, 0.3) is 0 Å². The van der Waals surface area contributed by atoms with E-state index >= 15 is 0 Å². The molecule has 0 amide bonds. The van der Waals surface area contributed by atoms with Gasteiger partial charge in [0.15, 0.2) is 0 Å². The predicted octanol–water partition coefficient (Wildman–Crippen LogP) is 3.89. The Morgan fingerprint density at radius 3 is 2.68 bits per heavy atom. The van der Waals surface area contributed by atoms with E-state index in [0.29, 0.717) is 29.2 Å². The van der Waals surface area contributed by atoms with Crippen molar-refractivity contribution in [3.05, 3.63) is 60.2 Å². The zero-order chi connectivity index (χ0) is 15.9. The van der Waals surface area contributed by atoms with Crippen molar-refractivity contribution in [2.75, 3.05) is 14.2 Å². The Bertz CT molecular complexity index is 693. The van der Waals surface area contributed by atoms with Crippen molar-refractivity contribution >= 4 is 11.9 Å². The SMILES string of the molecule is C=CCc1cccc(C=Nc2ccc(OC)cc2OC)c1O. The summed E-state index contributed by atoms with van der Waals surface area (Å²) < 4.78 is 10.5. The van der Waals surface area contributed by atoms with Crippen molar-refractivity contribution in [1.29, 1.82) is 0 Å². The number of ether oxygens (including phenoxy) is 2. The first-order valence-corrected chi connectivity index (χ1v) is 6.87. The second-order valence-electron chi connectivity index (χ2n) is 4.64. The topological polar surface area (TPSA) is 51.0 Å². The zero-order valence-electron chi connectivity index (χ0n) is 12.7. The number of benzene rings is 2. The molecule has 0 aliphatic carbocycles. The second-order valence-corrected chi connectivity index (χ2v) is 4.64. The third-order valence-electron chi connectivity index (χ3n) is 3.24. The fourth-order valence-electron chi connectivity index (χ4n) is 2.07. The van der Waals surface area contributed by atoms with E-state index in [1.807, 2.05) is 18.2 Å². The van der Waals surface area contributed by atoms with Crippen molar-refractivity contribution < 1.29 is 14.6 Å². The molecule has 0 aliphatic heterocycles. The normalized spacial score (nSPS) is 10.6. The highest BCUT2D eigenvalue weighted by molar-refractivity contribution is 5.86. The summed E-state index contributed by atoms with van der Waals surface area (Å²) >= 11 is 0. The predicted molar refractivity (Wildman–Crippen MR) is 88.8 cm³/mol. The molecule has 0 aromatic heterocycles. The van der Waals surface area contributed by atoms with Crippen molar-refractivity contribution in [2.24, 2.45) is 4.99 Å². The van der Waals surface area contributed by atoms with Gasteiger partial charge in [0.1, 0.15) is 22.9 Å². The van der Waals surface area contributed by atoms with Gasteiger partial charge in [-0.25, -0.2) is 0 Å². The van der Waals surface area contributed by atoms with Crippen molar-refractivity contribution in [1.82, 2.24) is 0 Å². The van der Waals surface area contributed by atoms with Crippen molar-refractivity contribution in [3.8, 4) is 17.2 Å². The third kappa shape index (κ3) is 3.47. The molecule has 114 valence electrons. The molecule has 4 heteroatoms. The van der Waals surface area contributed by atoms with E-state index in [2.05, 4.69) is 11.6 Å². The summed E-state index contributed by atoms with van der Waals surface area (Å²) in [5.41, 5.74) is 2.13. The van der Waals surface area contributed by atoms with Gasteiger partial charge in [-0.2, -0.15) is 0 Å². The van der Waals surface area contributed by atoms with E-state index in [1.165, 1.54) is 0 Å². The smallest absolute Gasteiger partial charge is 0.148 e. The van der Waals surface area contributed by atoms with Crippen LogP contribution in [-0.2, 0) is 6.42 Å². The molecule has 0 heterocycles. The minimum absolute atomic E-state index is 0.221. The average molecular weight is 297 g/mol. The molecule has 0 atom stereocenters. The van der Waals surface area contributed by atoms with Gasteiger partial charge in [-0.3, -0.25) is 4.99 Å². The summed E-state index contributed by atoms with van der Waals surface area (Å²) in [5, 5.41) is 10.2. The van der Waals surface area contributed by atoms with Crippen LogP contribution in [0.2, 0.25) is 0 Å². The number of rotatable bonds is 6. The highest BCUT2D eigenvalue weighted by atomic mass is 16.5. The molecule has 0 bridgehead atoms. The molecular weight excluding hydrogens is 278 g/mol. The number of hydrogen-bond donors (Lipinski definition) is 1. The lowest BCUT2D eigenvalue weighted by Gasteiger charge is -2.07. The Labute approximate surface area is 130 Å². The van der Waals surface area contributed by atoms with Gasteiger partial charge < -0.3 is 14.6 Å². The first kappa shape index (κ1) is 15.6. The molecule has 2 rings (SSSR count).